The van der Waals surface area contributed by atoms with Crippen LogP contribution in [0.3, 0.4) is 0 Å². The van der Waals surface area contributed by atoms with Crippen molar-refractivity contribution in [2.75, 3.05) is 36.5 Å². The van der Waals surface area contributed by atoms with Crippen LogP contribution in [-0.4, -0.2) is 48.6 Å². The van der Waals surface area contributed by atoms with Crippen LogP contribution in [0.2, 0.25) is 0 Å². The van der Waals surface area contributed by atoms with Crippen molar-refractivity contribution < 1.29 is 18.8 Å². The predicted octanol–water partition coefficient (Wildman–Crippen LogP) is 3.55. The Balaban J connectivity index is 1.39. The lowest BCUT2D eigenvalue weighted by molar-refractivity contribution is -0.136. The Bertz CT molecular complexity index is 931. The van der Waals surface area contributed by atoms with Gasteiger partial charge in [0.2, 0.25) is 0 Å². The van der Waals surface area contributed by atoms with Crippen LogP contribution in [0.1, 0.15) is 12.8 Å². The highest BCUT2D eigenvalue weighted by Gasteiger charge is 2.24. The summed E-state index contributed by atoms with van der Waals surface area (Å²) in [5, 5.41) is 8.03. The van der Waals surface area contributed by atoms with Gasteiger partial charge in [-0.15, -0.1) is 11.8 Å². The molecule has 2 aromatic rings. The largest absolute Gasteiger partial charge is 0.348 e. The maximum absolute atomic E-state index is 13.0. The molecule has 0 aliphatic carbocycles. The highest BCUT2D eigenvalue weighted by atomic mass is 32.2. The fourth-order valence-electron chi connectivity index (χ4n) is 3.28. The van der Waals surface area contributed by atoms with Gasteiger partial charge in [0.1, 0.15) is 5.82 Å². The number of piperidine rings is 1. The van der Waals surface area contributed by atoms with Crippen molar-refractivity contribution in [3.63, 3.8) is 0 Å². The number of urea groups is 1. The Kier molecular flexibility index (Phi) is 7.88. The Morgan fingerprint density at radius 1 is 1.00 bits per heavy atom. The third-order valence-electron chi connectivity index (χ3n) is 5.08. The summed E-state index contributed by atoms with van der Waals surface area (Å²) in [4.78, 5) is 39.2. The molecule has 0 spiro atoms. The normalized spacial score (nSPS) is 14.1. The molecule has 1 fully saturated rings. The molecule has 0 atom stereocenters. The molecular weight excluding hydrogens is 419 g/mol. The summed E-state index contributed by atoms with van der Waals surface area (Å²) in [7, 11) is 0. The zero-order chi connectivity index (χ0) is 22.2. The molecule has 9 heteroatoms. The van der Waals surface area contributed by atoms with Crippen LogP contribution in [0.5, 0.6) is 0 Å². The van der Waals surface area contributed by atoms with Gasteiger partial charge in [-0.3, -0.25) is 9.59 Å². The van der Waals surface area contributed by atoms with Crippen molar-refractivity contribution in [2.24, 2.45) is 5.92 Å². The Morgan fingerprint density at radius 2 is 1.71 bits per heavy atom. The average molecular weight is 445 g/mol. The molecular formula is C22H25FN4O3S. The van der Waals surface area contributed by atoms with E-state index in [-0.39, 0.29) is 17.8 Å². The highest BCUT2D eigenvalue weighted by molar-refractivity contribution is 7.98. The van der Waals surface area contributed by atoms with Crippen LogP contribution in [0.15, 0.2) is 53.4 Å². The molecule has 1 heterocycles. The van der Waals surface area contributed by atoms with Crippen molar-refractivity contribution in [3.05, 3.63) is 54.3 Å². The van der Waals surface area contributed by atoms with E-state index >= 15 is 0 Å². The first-order chi connectivity index (χ1) is 14.9. The number of carbonyl (C=O) groups excluding carboxylic acids is 3. The number of hydrogen-bond acceptors (Lipinski definition) is 4. The number of amides is 4. The van der Waals surface area contributed by atoms with Crippen LogP contribution in [-0.2, 0) is 9.59 Å². The summed E-state index contributed by atoms with van der Waals surface area (Å²) in [6.07, 6.45) is 3.37. The van der Waals surface area contributed by atoms with Gasteiger partial charge in [-0.25, -0.2) is 9.18 Å². The summed E-state index contributed by atoms with van der Waals surface area (Å²) in [6.45, 7) is 1.47. The average Bonchev–Trinajstić information content (AvgIpc) is 2.79. The number of benzene rings is 2. The fourth-order valence-corrected chi connectivity index (χ4v) is 3.74. The first kappa shape index (κ1) is 22.6. The second kappa shape index (κ2) is 10.8. The standard InChI is InChI=1S/C22H25FN4O3S/c1-31-19-4-2-3-18(13-19)25-21(29)20(28)24-14-15-9-11-27(12-10-15)22(30)26-17-7-5-16(23)6-8-17/h2-8,13,15H,9-12,14H2,1H3,(H,24,28)(H,25,29)(H,26,30). The molecule has 0 radical (unpaired) electrons. The number of rotatable bonds is 5. The van der Waals surface area contributed by atoms with E-state index in [0.717, 1.165) is 4.90 Å². The summed E-state index contributed by atoms with van der Waals surface area (Å²) < 4.78 is 13.0. The third-order valence-corrected chi connectivity index (χ3v) is 5.81. The molecule has 3 rings (SSSR count). The van der Waals surface area contributed by atoms with Crippen molar-refractivity contribution in [1.82, 2.24) is 10.2 Å². The van der Waals surface area contributed by atoms with Gasteiger partial charge in [0.25, 0.3) is 0 Å². The molecule has 7 nitrogen and oxygen atoms in total. The quantitative estimate of drug-likeness (QED) is 0.486. The maximum Gasteiger partial charge on any atom is 0.321 e. The molecule has 2 aromatic carbocycles. The Morgan fingerprint density at radius 3 is 2.39 bits per heavy atom. The van der Waals surface area contributed by atoms with E-state index in [2.05, 4.69) is 16.0 Å². The topological polar surface area (TPSA) is 90.5 Å². The lowest BCUT2D eigenvalue weighted by atomic mass is 9.97. The number of carbonyl (C=O) groups is 3. The molecule has 164 valence electrons. The van der Waals surface area contributed by atoms with E-state index in [1.165, 1.54) is 24.3 Å². The minimum atomic E-state index is -0.700. The zero-order valence-corrected chi connectivity index (χ0v) is 18.0. The SMILES string of the molecule is CSc1cccc(NC(=O)C(=O)NCC2CCN(C(=O)Nc3ccc(F)cc3)CC2)c1. The fraction of sp³-hybridized carbons (Fsp3) is 0.318. The second-order valence-electron chi connectivity index (χ2n) is 7.26. The van der Waals surface area contributed by atoms with Gasteiger partial charge in [-0.05, 0) is 67.5 Å². The van der Waals surface area contributed by atoms with E-state index in [1.807, 2.05) is 24.5 Å². The molecule has 0 aromatic heterocycles. The van der Waals surface area contributed by atoms with Crippen molar-refractivity contribution >= 4 is 41.0 Å². The van der Waals surface area contributed by atoms with Crippen molar-refractivity contribution in [2.45, 2.75) is 17.7 Å². The minimum absolute atomic E-state index is 0.187. The highest BCUT2D eigenvalue weighted by Crippen LogP contribution is 2.20. The monoisotopic (exact) mass is 444 g/mol. The van der Waals surface area contributed by atoms with E-state index in [1.54, 1.807) is 22.7 Å². The lowest BCUT2D eigenvalue weighted by Crippen LogP contribution is -2.44. The molecule has 4 amide bonds. The summed E-state index contributed by atoms with van der Waals surface area (Å²) in [5.41, 5.74) is 1.11. The summed E-state index contributed by atoms with van der Waals surface area (Å²) >= 11 is 1.55. The van der Waals surface area contributed by atoms with Crippen LogP contribution >= 0.6 is 11.8 Å². The van der Waals surface area contributed by atoms with Gasteiger partial charge in [-0.1, -0.05) is 6.07 Å². The maximum atomic E-state index is 13.0. The third kappa shape index (κ3) is 6.71. The number of nitrogens with zero attached hydrogens (tertiary/aromatic N) is 1. The summed E-state index contributed by atoms with van der Waals surface area (Å²) in [6, 6.07) is 12.7. The number of thioether (sulfide) groups is 1. The Hall–Kier alpha value is -3.07. The number of anilines is 2. The van der Waals surface area contributed by atoms with Gasteiger partial charge in [-0.2, -0.15) is 0 Å². The zero-order valence-electron chi connectivity index (χ0n) is 17.2. The van der Waals surface area contributed by atoms with Gasteiger partial charge in [0.15, 0.2) is 0 Å². The number of likely N-dealkylation sites (tertiary alicyclic amines) is 1. The van der Waals surface area contributed by atoms with E-state index in [4.69, 9.17) is 0 Å². The molecule has 1 saturated heterocycles. The molecule has 0 saturated carbocycles. The van der Waals surface area contributed by atoms with Gasteiger partial charge >= 0.3 is 17.8 Å². The first-order valence-electron chi connectivity index (χ1n) is 9.99. The Labute approximate surface area is 184 Å². The molecule has 31 heavy (non-hydrogen) atoms. The number of hydrogen-bond donors (Lipinski definition) is 3. The number of nitrogens with one attached hydrogen (secondary N) is 3. The molecule has 1 aliphatic heterocycles. The molecule has 0 bridgehead atoms. The lowest BCUT2D eigenvalue weighted by Gasteiger charge is -2.32. The van der Waals surface area contributed by atoms with Crippen LogP contribution in [0, 0.1) is 11.7 Å². The van der Waals surface area contributed by atoms with Crippen LogP contribution < -0.4 is 16.0 Å². The van der Waals surface area contributed by atoms with Gasteiger partial charge in [0, 0.05) is 35.9 Å². The van der Waals surface area contributed by atoms with Crippen LogP contribution in [0.4, 0.5) is 20.6 Å². The van der Waals surface area contributed by atoms with E-state index in [9.17, 15) is 18.8 Å². The molecule has 3 N–H and O–H groups in total. The smallest absolute Gasteiger partial charge is 0.321 e. The number of halogens is 1. The van der Waals surface area contributed by atoms with Crippen molar-refractivity contribution in [3.8, 4) is 0 Å². The summed E-state index contributed by atoms with van der Waals surface area (Å²) in [5.74, 6) is -1.55. The minimum Gasteiger partial charge on any atom is -0.348 e. The van der Waals surface area contributed by atoms with Crippen LogP contribution in [0.25, 0.3) is 0 Å². The van der Waals surface area contributed by atoms with E-state index < -0.39 is 11.8 Å². The van der Waals surface area contributed by atoms with Gasteiger partial charge < -0.3 is 20.9 Å². The van der Waals surface area contributed by atoms with Crippen molar-refractivity contribution in [1.29, 1.82) is 0 Å². The van der Waals surface area contributed by atoms with E-state index in [0.29, 0.717) is 43.9 Å². The predicted molar refractivity (Wildman–Crippen MR) is 120 cm³/mol. The molecule has 1 aliphatic rings. The first-order valence-corrected chi connectivity index (χ1v) is 11.2. The van der Waals surface area contributed by atoms with Gasteiger partial charge in [0.05, 0.1) is 0 Å². The molecule has 0 unspecified atom stereocenters. The second-order valence-corrected chi connectivity index (χ2v) is 8.14.